The van der Waals surface area contributed by atoms with Gasteiger partial charge in [-0.25, -0.2) is 0 Å². The first-order chi connectivity index (χ1) is 14.3. The van der Waals surface area contributed by atoms with Crippen molar-refractivity contribution in [3.05, 3.63) is 72.7 Å². The summed E-state index contributed by atoms with van der Waals surface area (Å²) in [4.78, 5) is 23.8. The number of halogens is 3. The van der Waals surface area contributed by atoms with Crippen LogP contribution in [0.5, 0.6) is 11.5 Å². The number of amides is 2. The van der Waals surface area contributed by atoms with Crippen molar-refractivity contribution in [3.63, 3.8) is 0 Å². The van der Waals surface area contributed by atoms with Crippen LogP contribution in [0, 0.1) is 0 Å². The van der Waals surface area contributed by atoms with Gasteiger partial charge in [0.1, 0.15) is 11.5 Å². The van der Waals surface area contributed by atoms with Crippen LogP contribution in [0.15, 0.2) is 71.3 Å². The average Bonchev–Trinajstić information content (AvgIpc) is 3.23. The van der Waals surface area contributed by atoms with Crippen LogP contribution in [0.3, 0.4) is 0 Å². The number of furan rings is 1. The lowest BCUT2D eigenvalue weighted by atomic mass is 10.3. The van der Waals surface area contributed by atoms with Gasteiger partial charge >= 0.3 is 6.36 Å². The molecule has 10 heteroatoms. The summed E-state index contributed by atoms with van der Waals surface area (Å²) in [5, 5.41) is 5.13. The van der Waals surface area contributed by atoms with Gasteiger partial charge in [-0.3, -0.25) is 9.59 Å². The highest BCUT2D eigenvalue weighted by Crippen LogP contribution is 2.24. The number of anilines is 2. The third-order valence-electron chi connectivity index (χ3n) is 3.60. The van der Waals surface area contributed by atoms with Crippen molar-refractivity contribution in [2.75, 3.05) is 17.2 Å². The standard InChI is InChI=1S/C20H15F3N2O5/c21-20(22,23)30-16-9-5-13(6-10-16)24-18(26)12-29-15-7-3-14(4-8-15)25-19(27)17-2-1-11-28-17/h1-11H,12H2,(H,24,26)(H,25,27). The zero-order chi connectivity index (χ0) is 21.6. The smallest absolute Gasteiger partial charge is 0.484 e. The first kappa shape index (κ1) is 20.8. The van der Waals surface area contributed by atoms with E-state index in [0.29, 0.717) is 11.4 Å². The van der Waals surface area contributed by atoms with Crippen molar-refractivity contribution in [1.82, 2.24) is 0 Å². The van der Waals surface area contributed by atoms with E-state index < -0.39 is 23.9 Å². The van der Waals surface area contributed by atoms with Crippen LogP contribution in [0.1, 0.15) is 10.6 Å². The summed E-state index contributed by atoms with van der Waals surface area (Å²) in [6.45, 7) is -0.321. The van der Waals surface area contributed by atoms with Gasteiger partial charge < -0.3 is 24.5 Å². The van der Waals surface area contributed by atoms with E-state index >= 15 is 0 Å². The van der Waals surface area contributed by atoms with E-state index in [2.05, 4.69) is 15.4 Å². The molecule has 3 rings (SSSR count). The highest BCUT2D eigenvalue weighted by molar-refractivity contribution is 6.02. The van der Waals surface area contributed by atoms with Crippen LogP contribution in [-0.2, 0) is 4.79 Å². The second-order valence-corrected chi connectivity index (χ2v) is 5.86. The van der Waals surface area contributed by atoms with Gasteiger partial charge in [-0.1, -0.05) is 0 Å². The van der Waals surface area contributed by atoms with Gasteiger partial charge in [0.15, 0.2) is 12.4 Å². The molecular formula is C20H15F3N2O5. The molecule has 0 aliphatic heterocycles. The number of hydrogen-bond donors (Lipinski definition) is 2. The summed E-state index contributed by atoms with van der Waals surface area (Å²) in [6, 6.07) is 14.2. The molecule has 7 nitrogen and oxygen atoms in total. The van der Waals surface area contributed by atoms with E-state index in [0.717, 1.165) is 12.1 Å². The Balaban J connectivity index is 1.46. The van der Waals surface area contributed by atoms with Gasteiger partial charge in [-0.2, -0.15) is 0 Å². The Morgan fingerprint density at radius 2 is 1.47 bits per heavy atom. The second kappa shape index (κ2) is 9.03. The van der Waals surface area contributed by atoms with Crippen LogP contribution in [0.25, 0.3) is 0 Å². The van der Waals surface area contributed by atoms with E-state index in [-0.39, 0.29) is 18.1 Å². The molecule has 1 aromatic heterocycles. The zero-order valence-electron chi connectivity index (χ0n) is 15.2. The number of hydrogen-bond acceptors (Lipinski definition) is 5. The lowest BCUT2D eigenvalue weighted by Crippen LogP contribution is -2.20. The van der Waals surface area contributed by atoms with Crippen molar-refractivity contribution < 1.29 is 36.7 Å². The Kier molecular flexibility index (Phi) is 6.26. The fourth-order valence-electron chi connectivity index (χ4n) is 2.32. The fraction of sp³-hybridized carbons (Fsp3) is 0.100. The highest BCUT2D eigenvalue weighted by Gasteiger charge is 2.30. The molecule has 0 atom stereocenters. The van der Waals surface area contributed by atoms with Crippen molar-refractivity contribution in [1.29, 1.82) is 0 Å². The maximum Gasteiger partial charge on any atom is 0.573 e. The van der Waals surface area contributed by atoms with Crippen LogP contribution in [0.4, 0.5) is 24.5 Å². The maximum atomic E-state index is 12.1. The largest absolute Gasteiger partial charge is 0.573 e. The third kappa shape index (κ3) is 6.30. The molecule has 0 aliphatic rings. The Hall–Kier alpha value is -3.95. The molecule has 2 aromatic carbocycles. The summed E-state index contributed by atoms with van der Waals surface area (Å²) < 4.78 is 50.5. The first-order valence-electron chi connectivity index (χ1n) is 8.52. The van der Waals surface area contributed by atoms with Crippen LogP contribution in [-0.4, -0.2) is 24.8 Å². The predicted molar refractivity (Wildman–Crippen MR) is 100 cm³/mol. The minimum absolute atomic E-state index is 0.171. The minimum Gasteiger partial charge on any atom is -0.484 e. The van der Waals surface area contributed by atoms with E-state index in [1.807, 2.05) is 0 Å². The SMILES string of the molecule is O=C(COc1ccc(NC(=O)c2ccco2)cc1)Nc1ccc(OC(F)(F)F)cc1. The van der Waals surface area contributed by atoms with Gasteiger partial charge in [-0.05, 0) is 60.7 Å². The van der Waals surface area contributed by atoms with Crippen LogP contribution in [0.2, 0.25) is 0 Å². The first-order valence-corrected chi connectivity index (χ1v) is 8.52. The Morgan fingerprint density at radius 3 is 2.03 bits per heavy atom. The number of carbonyl (C=O) groups is 2. The van der Waals surface area contributed by atoms with Crippen LogP contribution < -0.4 is 20.1 Å². The summed E-state index contributed by atoms with van der Waals surface area (Å²) in [7, 11) is 0. The molecule has 0 unspecified atom stereocenters. The third-order valence-corrected chi connectivity index (χ3v) is 3.60. The van der Waals surface area contributed by atoms with Gasteiger partial charge in [0, 0.05) is 11.4 Å². The molecule has 0 saturated carbocycles. The molecule has 3 aromatic rings. The number of benzene rings is 2. The molecular weight excluding hydrogens is 405 g/mol. The molecule has 2 N–H and O–H groups in total. The number of rotatable bonds is 7. The molecule has 156 valence electrons. The molecule has 30 heavy (non-hydrogen) atoms. The molecule has 1 heterocycles. The Labute approximate surface area is 168 Å². The summed E-state index contributed by atoms with van der Waals surface area (Å²) in [5.74, 6) is -0.745. The highest BCUT2D eigenvalue weighted by atomic mass is 19.4. The Bertz CT molecular complexity index is 985. The lowest BCUT2D eigenvalue weighted by molar-refractivity contribution is -0.274. The van der Waals surface area contributed by atoms with E-state index in [1.54, 1.807) is 30.3 Å². The van der Waals surface area contributed by atoms with Gasteiger partial charge in [0.05, 0.1) is 6.26 Å². The molecule has 0 fully saturated rings. The number of alkyl halides is 3. The molecule has 0 radical (unpaired) electrons. The number of carbonyl (C=O) groups excluding carboxylic acids is 2. The second-order valence-electron chi connectivity index (χ2n) is 5.86. The van der Waals surface area contributed by atoms with E-state index in [9.17, 15) is 22.8 Å². The molecule has 0 aliphatic carbocycles. The molecule has 2 amide bonds. The van der Waals surface area contributed by atoms with Crippen molar-refractivity contribution >= 4 is 23.2 Å². The van der Waals surface area contributed by atoms with Gasteiger partial charge in [0.25, 0.3) is 11.8 Å². The fourth-order valence-corrected chi connectivity index (χ4v) is 2.32. The minimum atomic E-state index is -4.78. The Morgan fingerprint density at radius 1 is 0.867 bits per heavy atom. The predicted octanol–water partition coefficient (Wildman–Crippen LogP) is 4.45. The maximum absolute atomic E-state index is 12.1. The molecule has 0 spiro atoms. The normalized spacial score (nSPS) is 10.9. The molecule has 0 saturated heterocycles. The summed E-state index contributed by atoms with van der Waals surface area (Å²) in [6.07, 6.45) is -3.39. The van der Waals surface area contributed by atoms with Crippen LogP contribution >= 0.6 is 0 Å². The quantitative estimate of drug-likeness (QED) is 0.590. The summed E-state index contributed by atoms with van der Waals surface area (Å²) in [5.41, 5.74) is 0.795. The van der Waals surface area contributed by atoms with Crippen molar-refractivity contribution in [2.24, 2.45) is 0 Å². The van der Waals surface area contributed by atoms with Crippen molar-refractivity contribution in [2.45, 2.75) is 6.36 Å². The van der Waals surface area contributed by atoms with Crippen molar-refractivity contribution in [3.8, 4) is 11.5 Å². The monoisotopic (exact) mass is 420 g/mol. The number of nitrogens with one attached hydrogen (secondary N) is 2. The number of ether oxygens (including phenoxy) is 2. The topological polar surface area (TPSA) is 89.8 Å². The lowest BCUT2D eigenvalue weighted by Gasteiger charge is -2.10. The van der Waals surface area contributed by atoms with E-state index in [1.165, 1.54) is 24.5 Å². The molecule has 0 bridgehead atoms. The summed E-state index contributed by atoms with van der Waals surface area (Å²) >= 11 is 0. The average molecular weight is 420 g/mol. The van der Waals surface area contributed by atoms with Gasteiger partial charge in [-0.15, -0.1) is 13.2 Å². The van der Waals surface area contributed by atoms with E-state index in [4.69, 9.17) is 9.15 Å². The zero-order valence-corrected chi connectivity index (χ0v) is 15.2. The van der Waals surface area contributed by atoms with Gasteiger partial charge in [0.2, 0.25) is 0 Å².